The number of nitrogen functional groups attached to an aromatic ring is 1. The zero-order chi connectivity index (χ0) is 10.8. The lowest BCUT2D eigenvalue weighted by Crippen LogP contribution is -2.02. The van der Waals surface area contributed by atoms with E-state index in [-0.39, 0.29) is 10.6 Å². The van der Waals surface area contributed by atoms with Gasteiger partial charge in [0, 0.05) is 0 Å². The Morgan fingerprint density at radius 3 is 2.64 bits per heavy atom. The van der Waals surface area contributed by atoms with Crippen molar-refractivity contribution in [1.82, 2.24) is 0 Å². The molecule has 0 spiro atoms. The molecular formula is C8H10NO4S-. The molecule has 0 aliphatic carbocycles. The SMILES string of the molecule is CCOc1cc(S(=O)(=O)[O-])ccc1N. The average molecular weight is 216 g/mol. The topological polar surface area (TPSA) is 92.5 Å². The lowest BCUT2D eigenvalue weighted by molar-refractivity contribution is 0.341. The maximum atomic E-state index is 10.6. The van der Waals surface area contributed by atoms with E-state index in [0.717, 1.165) is 12.1 Å². The largest absolute Gasteiger partial charge is 0.744 e. The smallest absolute Gasteiger partial charge is 0.143 e. The van der Waals surface area contributed by atoms with Gasteiger partial charge in [0.2, 0.25) is 0 Å². The number of hydrogen-bond donors (Lipinski definition) is 1. The number of rotatable bonds is 3. The van der Waals surface area contributed by atoms with Gasteiger partial charge in [0.15, 0.2) is 0 Å². The molecule has 0 saturated carbocycles. The number of anilines is 1. The molecule has 0 fully saturated rings. The van der Waals surface area contributed by atoms with E-state index < -0.39 is 10.1 Å². The summed E-state index contributed by atoms with van der Waals surface area (Å²) in [7, 11) is -4.45. The van der Waals surface area contributed by atoms with Crippen molar-refractivity contribution < 1.29 is 17.7 Å². The Morgan fingerprint density at radius 1 is 1.50 bits per heavy atom. The van der Waals surface area contributed by atoms with Gasteiger partial charge in [0.05, 0.1) is 17.2 Å². The monoisotopic (exact) mass is 216 g/mol. The van der Waals surface area contributed by atoms with Crippen molar-refractivity contribution in [2.45, 2.75) is 11.8 Å². The highest BCUT2D eigenvalue weighted by Crippen LogP contribution is 2.24. The van der Waals surface area contributed by atoms with Gasteiger partial charge in [-0.3, -0.25) is 0 Å². The second kappa shape index (κ2) is 3.85. The van der Waals surface area contributed by atoms with E-state index in [0.29, 0.717) is 12.3 Å². The second-order valence-electron chi connectivity index (χ2n) is 2.59. The number of benzene rings is 1. The molecule has 0 aliphatic heterocycles. The predicted octanol–water partition coefficient (Wildman–Crippen LogP) is 0.572. The van der Waals surface area contributed by atoms with Crippen LogP contribution in [0.1, 0.15) is 6.92 Å². The third-order valence-electron chi connectivity index (χ3n) is 1.57. The Hall–Kier alpha value is -1.27. The molecule has 0 bridgehead atoms. The summed E-state index contributed by atoms with van der Waals surface area (Å²) < 4.78 is 37.0. The highest BCUT2D eigenvalue weighted by Gasteiger charge is 2.06. The zero-order valence-electron chi connectivity index (χ0n) is 7.56. The van der Waals surface area contributed by atoms with Crippen LogP contribution in [0, 0.1) is 0 Å². The minimum Gasteiger partial charge on any atom is -0.744 e. The summed E-state index contributed by atoms with van der Waals surface area (Å²) in [5, 5.41) is 0. The molecule has 1 aromatic rings. The van der Waals surface area contributed by atoms with E-state index in [2.05, 4.69) is 0 Å². The van der Waals surface area contributed by atoms with Crippen LogP contribution in [0.15, 0.2) is 23.1 Å². The van der Waals surface area contributed by atoms with E-state index in [1.807, 2.05) is 0 Å². The highest BCUT2D eigenvalue weighted by atomic mass is 32.2. The minimum absolute atomic E-state index is 0.212. The van der Waals surface area contributed by atoms with Crippen molar-refractivity contribution in [3.63, 3.8) is 0 Å². The average Bonchev–Trinajstić information content (AvgIpc) is 2.07. The van der Waals surface area contributed by atoms with Crippen LogP contribution >= 0.6 is 0 Å². The molecule has 0 aliphatic rings. The van der Waals surface area contributed by atoms with Crippen molar-refractivity contribution in [2.75, 3.05) is 12.3 Å². The Kier molecular flexibility index (Phi) is 2.97. The zero-order valence-corrected chi connectivity index (χ0v) is 8.37. The molecular weight excluding hydrogens is 206 g/mol. The van der Waals surface area contributed by atoms with Crippen LogP contribution in [-0.4, -0.2) is 19.6 Å². The van der Waals surface area contributed by atoms with Crippen molar-refractivity contribution in [1.29, 1.82) is 0 Å². The fraction of sp³-hybridized carbons (Fsp3) is 0.250. The molecule has 2 N–H and O–H groups in total. The van der Waals surface area contributed by atoms with E-state index in [9.17, 15) is 13.0 Å². The van der Waals surface area contributed by atoms with E-state index in [4.69, 9.17) is 10.5 Å². The molecule has 78 valence electrons. The summed E-state index contributed by atoms with van der Waals surface area (Å²) in [6.07, 6.45) is 0. The summed E-state index contributed by atoms with van der Waals surface area (Å²) in [4.78, 5) is -0.338. The fourth-order valence-electron chi connectivity index (χ4n) is 0.951. The Balaban J connectivity index is 3.20. The van der Waals surface area contributed by atoms with Crippen molar-refractivity contribution >= 4 is 15.8 Å². The summed E-state index contributed by atoms with van der Waals surface area (Å²) in [6.45, 7) is 2.09. The fourth-order valence-corrected chi connectivity index (χ4v) is 1.44. The van der Waals surface area contributed by atoms with Crippen molar-refractivity contribution in [3.8, 4) is 5.75 Å². The molecule has 14 heavy (non-hydrogen) atoms. The summed E-state index contributed by atoms with van der Waals surface area (Å²) in [5.74, 6) is 0.212. The first kappa shape index (κ1) is 10.8. The number of ether oxygens (including phenoxy) is 1. The first-order valence-corrected chi connectivity index (χ1v) is 5.34. The molecule has 0 atom stereocenters. The molecule has 0 aromatic heterocycles. The van der Waals surface area contributed by atoms with Crippen LogP contribution in [0.3, 0.4) is 0 Å². The van der Waals surface area contributed by atoms with Crippen LogP contribution in [0.5, 0.6) is 5.75 Å². The standard InChI is InChI=1S/C8H11NO4S/c1-2-13-8-5-6(14(10,11)12)3-4-7(8)9/h3-5H,2,9H2,1H3,(H,10,11,12)/p-1. The lowest BCUT2D eigenvalue weighted by Gasteiger charge is -2.11. The van der Waals surface area contributed by atoms with Gasteiger partial charge < -0.3 is 15.0 Å². The Labute approximate surface area is 82.2 Å². The lowest BCUT2D eigenvalue weighted by atomic mass is 10.3. The Bertz CT molecular complexity index is 427. The molecule has 0 amide bonds. The van der Waals surface area contributed by atoms with Crippen molar-refractivity contribution in [2.24, 2.45) is 0 Å². The number of nitrogens with two attached hydrogens (primary N) is 1. The molecule has 0 unspecified atom stereocenters. The molecule has 5 nitrogen and oxygen atoms in total. The third-order valence-corrected chi connectivity index (χ3v) is 2.40. The predicted molar refractivity (Wildman–Crippen MR) is 50.0 cm³/mol. The normalized spacial score (nSPS) is 11.3. The second-order valence-corrected chi connectivity index (χ2v) is 3.97. The summed E-state index contributed by atoms with van der Waals surface area (Å²) in [5.41, 5.74) is 5.80. The van der Waals surface area contributed by atoms with Crippen molar-refractivity contribution in [3.05, 3.63) is 18.2 Å². The van der Waals surface area contributed by atoms with E-state index in [1.165, 1.54) is 6.07 Å². The maximum Gasteiger partial charge on any atom is 0.143 e. The Morgan fingerprint density at radius 2 is 2.14 bits per heavy atom. The van der Waals surface area contributed by atoms with Gasteiger partial charge in [-0.05, 0) is 25.1 Å². The third kappa shape index (κ3) is 2.36. The molecule has 0 saturated heterocycles. The van der Waals surface area contributed by atoms with Gasteiger partial charge in [-0.15, -0.1) is 0 Å². The minimum atomic E-state index is -4.45. The van der Waals surface area contributed by atoms with E-state index in [1.54, 1.807) is 6.92 Å². The molecule has 6 heteroatoms. The van der Waals surface area contributed by atoms with Crippen LogP contribution < -0.4 is 10.5 Å². The molecule has 1 aromatic carbocycles. The first-order chi connectivity index (χ1) is 6.45. The number of hydrogen-bond acceptors (Lipinski definition) is 5. The summed E-state index contributed by atoms with van der Waals surface area (Å²) in [6, 6.07) is 3.61. The van der Waals surface area contributed by atoms with Gasteiger partial charge in [-0.25, -0.2) is 8.42 Å². The van der Waals surface area contributed by atoms with Crippen LogP contribution in [0.25, 0.3) is 0 Å². The molecule has 0 radical (unpaired) electrons. The van der Waals surface area contributed by atoms with Gasteiger partial charge in [0.25, 0.3) is 0 Å². The first-order valence-electron chi connectivity index (χ1n) is 3.93. The molecule has 0 heterocycles. The van der Waals surface area contributed by atoms with E-state index >= 15 is 0 Å². The van der Waals surface area contributed by atoms with Gasteiger partial charge in [-0.1, -0.05) is 0 Å². The quantitative estimate of drug-likeness (QED) is 0.589. The van der Waals surface area contributed by atoms with Crippen LogP contribution in [0.2, 0.25) is 0 Å². The summed E-state index contributed by atoms with van der Waals surface area (Å²) >= 11 is 0. The van der Waals surface area contributed by atoms with Gasteiger partial charge in [0.1, 0.15) is 15.9 Å². The van der Waals surface area contributed by atoms with Gasteiger partial charge >= 0.3 is 0 Å². The van der Waals surface area contributed by atoms with Crippen LogP contribution in [0.4, 0.5) is 5.69 Å². The maximum absolute atomic E-state index is 10.6. The molecule has 1 rings (SSSR count). The highest BCUT2D eigenvalue weighted by molar-refractivity contribution is 7.85. The van der Waals surface area contributed by atoms with Crippen LogP contribution in [-0.2, 0) is 10.1 Å². The van der Waals surface area contributed by atoms with Gasteiger partial charge in [-0.2, -0.15) is 0 Å².